The summed E-state index contributed by atoms with van der Waals surface area (Å²) < 4.78 is 21.6. The molecule has 0 spiro atoms. The van der Waals surface area contributed by atoms with Gasteiger partial charge in [0.05, 0.1) is 34.4 Å². The minimum atomic E-state index is -0.273. The monoisotopic (exact) mass is 360 g/mol. The van der Waals surface area contributed by atoms with Crippen LogP contribution in [0.2, 0.25) is 0 Å². The second kappa shape index (κ2) is 7.40. The molecule has 0 heterocycles. The van der Waals surface area contributed by atoms with Gasteiger partial charge in [-0.1, -0.05) is 6.08 Å². The number of allylic oxidation sites excluding steroid dienone is 2. The number of Topliss-reactive ketones (excluding diaryl/α,β-unsaturated/α-hetero) is 1. The fourth-order valence-electron chi connectivity index (χ4n) is 4.07. The lowest BCUT2D eigenvalue weighted by Gasteiger charge is -2.30. The molecule has 0 radical (unpaired) electrons. The van der Waals surface area contributed by atoms with Crippen LogP contribution in [0.5, 0.6) is 17.2 Å². The zero-order valence-corrected chi connectivity index (χ0v) is 15.6. The predicted octanol–water partition coefficient (Wildman–Crippen LogP) is 2.82. The molecule has 2 atom stereocenters. The third-order valence-corrected chi connectivity index (χ3v) is 5.30. The van der Waals surface area contributed by atoms with Crippen LogP contribution in [0.1, 0.15) is 36.3 Å². The number of hydrogen-bond acceptors (Lipinski definition) is 6. The lowest BCUT2D eigenvalue weighted by molar-refractivity contribution is -0.146. The summed E-state index contributed by atoms with van der Waals surface area (Å²) in [7, 11) is 6.10. The molecule has 0 saturated heterocycles. The zero-order chi connectivity index (χ0) is 18.8. The molecule has 6 nitrogen and oxygen atoms in total. The van der Waals surface area contributed by atoms with Crippen LogP contribution in [-0.2, 0) is 20.7 Å². The van der Waals surface area contributed by atoms with Gasteiger partial charge in [0.2, 0.25) is 5.75 Å². The van der Waals surface area contributed by atoms with E-state index in [9.17, 15) is 9.59 Å². The molecule has 140 valence electrons. The van der Waals surface area contributed by atoms with Crippen molar-refractivity contribution >= 4 is 11.8 Å². The molecule has 1 aromatic carbocycles. The van der Waals surface area contributed by atoms with Crippen LogP contribution in [-0.4, -0.2) is 40.2 Å². The minimum Gasteiger partial charge on any atom is -0.493 e. The average molecular weight is 360 g/mol. The first-order chi connectivity index (χ1) is 12.5. The Hall–Kier alpha value is -2.50. The van der Waals surface area contributed by atoms with Gasteiger partial charge in [-0.15, -0.1) is 0 Å². The van der Waals surface area contributed by atoms with Gasteiger partial charge in [-0.2, -0.15) is 0 Å². The number of benzene rings is 1. The summed E-state index contributed by atoms with van der Waals surface area (Å²) in [5.41, 5.74) is 2.66. The minimum absolute atomic E-state index is 0.120. The van der Waals surface area contributed by atoms with Gasteiger partial charge in [-0.25, -0.2) is 0 Å². The second-order valence-corrected chi connectivity index (χ2v) is 6.54. The lowest BCUT2D eigenvalue weighted by atomic mass is 9.75. The van der Waals surface area contributed by atoms with Crippen molar-refractivity contribution in [1.82, 2.24) is 0 Å². The van der Waals surface area contributed by atoms with E-state index in [1.807, 2.05) is 12.1 Å². The first-order valence-electron chi connectivity index (χ1n) is 8.68. The summed E-state index contributed by atoms with van der Waals surface area (Å²) in [5, 5.41) is 0. The number of aryl methyl sites for hydroxylation is 1. The molecule has 0 aromatic heterocycles. The predicted molar refractivity (Wildman–Crippen MR) is 95.0 cm³/mol. The Morgan fingerprint density at radius 2 is 1.77 bits per heavy atom. The van der Waals surface area contributed by atoms with Crippen molar-refractivity contribution in [2.45, 2.75) is 31.6 Å². The molecular weight excluding hydrogens is 336 g/mol. The van der Waals surface area contributed by atoms with E-state index in [1.165, 1.54) is 7.11 Å². The molecule has 2 unspecified atom stereocenters. The number of ether oxygens (including phenoxy) is 4. The van der Waals surface area contributed by atoms with Crippen LogP contribution in [0.3, 0.4) is 0 Å². The van der Waals surface area contributed by atoms with Gasteiger partial charge in [0, 0.05) is 17.9 Å². The molecule has 6 heteroatoms. The second-order valence-electron chi connectivity index (χ2n) is 6.54. The van der Waals surface area contributed by atoms with Crippen LogP contribution in [0.15, 0.2) is 17.7 Å². The van der Waals surface area contributed by atoms with Gasteiger partial charge in [-0.05, 0) is 36.5 Å². The normalized spacial score (nSPS) is 21.7. The Labute approximate surface area is 153 Å². The van der Waals surface area contributed by atoms with Crippen molar-refractivity contribution in [3.8, 4) is 17.2 Å². The van der Waals surface area contributed by atoms with E-state index in [0.717, 1.165) is 16.7 Å². The van der Waals surface area contributed by atoms with Gasteiger partial charge in [0.1, 0.15) is 0 Å². The van der Waals surface area contributed by atoms with Gasteiger partial charge >= 0.3 is 5.97 Å². The molecule has 0 bridgehead atoms. The van der Waals surface area contributed by atoms with Crippen molar-refractivity contribution in [2.24, 2.45) is 5.92 Å². The highest BCUT2D eigenvalue weighted by Gasteiger charge is 2.38. The van der Waals surface area contributed by atoms with Crippen LogP contribution in [0.25, 0.3) is 0 Å². The molecule has 0 amide bonds. The summed E-state index contributed by atoms with van der Waals surface area (Å²) in [6, 6.07) is 1.91. The first-order valence-corrected chi connectivity index (χ1v) is 8.68. The van der Waals surface area contributed by atoms with Gasteiger partial charge in [-0.3, -0.25) is 9.59 Å². The Morgan fingerprint density at radius 1 is 1.04 bits per heavy atom. The Kier molecular flexibility index (Phi) is 5.20. The summed E-state index contributed by atoms with van der Waals surface area (Å²) in [6.45, 7) is 0. The zero-order valence-electron chi connectivity index (χ0n) is 15.6. The molecule has 26 heavy (non-hydrogen) atoms. The lowest BCUT2D eigenvalue weighted by Crippen LogP contribution is -2.25. The number of fused-ring (bicyclic) bond motifs is 3. The van der Waals surface area contributed by atoms with E-state index < -0.39 is 0 Å². The topological polar surface area (TPSA) is 71.1 Å². The summed E-state index contributed by atoms with van der Waals surface area (Å²) in [4.78, 5) is 24.8. The third kappa shape index (κ3) is 2.93. The standard InChI is InChI=1S/C20H24O6/c1-23-16-10-11-6-8-15(21)13-7-5-12(20(22)26-4)9-14(13)17(11)19(25-3)18(16)24-2/h7,10,12,14H,5-6,8-9H2,1-4H3. The molecule has 0 fully saturated rings. The largest absolute Gasteiger partial charge is 0.493 e. The fraction of sp³-hybridized carbons (Fsp3) is 0.500. The van der Waals surface area contributed by atoms with Crippen molar-refractivity contribution in [3.05, 3.63) is 28.8 Å². The summed E-state index contributed by atoms with van der Waals surface area (Å²) >= 11 is 0. The van der Waals surface area contributed by atoms with Crippen LogP contribution >= 0.6 is 0 Å². The SMILES string of the molecule is COC(=O)C1CC=C2C(=O)CCc3cc(OC)c(OC)c(OC)c3C2C1. The molecule has 1 aromatic rings. The molecule has 0 aliphatic heterocycles. The average Bonchev–Trinajstić information content (AvgIpc) is 2.82. The molecule has 2 aliphatic carbocycles. The molecule has 3 rings (SSSR count). The van der Waals surface area contributed by atoms with E-state index in [2.05, 4.69) is 0 Å². The van der Waals surface area contributed by atoms with Gasteiger partial charge in [0.15, 0.2) is 17.3 Å². The quantitative estimate of drug-likeness (QED) is 0.769. The van der Waals surface area contributed by atoms with E-state index in [1.54, 1.807) is 21.3 Å². The van der Waals surface area contributed by atoms with Gasteiger partial charge < -0.3 is 18.9 Å². The number of carbonyl (C=O) groups is 2. The Morgan fingerprint density at radius 3 is 2.38 bits per heavy atom. The Balaban J connectivity index is 2.20. The van der Waals surface area contributed by atoms with Crippen molar-refractivity contribution in [3.63, 3.8) is 0 Å². The maximum Gasteiger partial charge on any atom is 0.309 e. The van der Waals surface area contributed by atoms with Crippen molar-refractivity contribution in [1.29, 1.82) is 0 Å². The van der Waals surface area contributed by atoms with E-state index >= 15 is 0 Å². The van der Waals surface area contributed by atoms with E-state index in [4.69, 9.17) is 18.9 Å². The van der Waals surface area contributed by atoms with Crippen molar-refractivity contribution < 1.29 is 28.5 Å². The maximum atomic E-state index is 12.7. The number of rotatable bonds is 4. The third-order valence-electron chi connectivity index (χ3n) is 5.30. The molecule has 0 saturated carbocycles. The Bertz CT molecular complexity index is 764. The summed E-state index contributed by atoms with van der Waals surface area (Å²) in [5.74, 6) is 1.02. The van der Waals surface area contributed by atoms with E-state index in [-0.39, 0.29) is 23.6 Å². The highest BCUT2D eigenvalue weighted by Crippen LogP contribution is 2.51. The van der Waals surface area contributed by atoms with Crippen LogP contribution in [0, 0.1) is 5.92 Å². The van der Waals surface area contributed by atoms with E-state index in [0.29, 0.717) is 42.9 Å². The smallest absolute Gasteiger partial charge is 0.309 e. The van der Waals surface area contributed by atoms with Crippen molar-refractivity contribution in [2.75, 3.05) is 28.4 Å². The number of esters is 1. The summed E-state index contributed by atoms with van der Waals surface area (Å²) in [6.07, 6.45) is 3.96. The van der Waals surface area contributed by atoms with Gasteiger partial charge in [0.25, 0.3) is 0 Å². The maximum absolute atomic E-state index is 12.7. The fourth-order valence-corrected chi connectivity index (χ4v) is 4.07. The van der Waals surface area contributed by atoms with Crippen LogP contribution < -0.4 is 14.2 Å². The number of methoxy groups -OCH3 is 4. The highest BCUT2D eigenvalue weighted by atomic mass is 16.5. The molecule has 2 aliphatic rings. The number of carbonyl (C=O) groups excluding carboxylic acids is 2. The molecular formula is C20H24O6. The highest BCUT2D eigenvalue weighted by molar-refractivity contribution is 5.98. The molecule has 0 N–H and O–H groups in total. The number of hydrogen-bond donors (Lipinski definition) is 0. The first kappa shape index (κ1) is 18.3. The van der Waals surface area contributed by atoms with Crippen LogP contribution in [0.4, 0.5) is 0 Å². The number of ketones is 1.